The van der Waals surface area contributed by atoms with E-state index in [1.807, 2.05) is 0 Å². The lowest BCUT2D eigenvalue weighted by Gasteiger charge is -2.15. The molecule has 4 nitrogen and oxygen atoms in total. The van der Waals surface area contributed by atoms with E-state index < -0.39 is 0 Å². The fourth-order valence-corrected chi connectivity index (χ4v) is 9.81. The Morgan fingerprint density at radius 1 is 0.290 bits per heavy atom. The number of hydrogen-bond donors (Lipinski definition) is 0. The van der Waals surface area contributed by atoms with Crippen LogP contribution in [0.3, 0.4) is 0 Å². The zero-order chi connectivity index (χ0) is 40.7. The monoisotopic (exact) mass is 788 g/mol. The van der Waals surface area contributed by atoms with Gasteiger partial charge in [0.1, 0.15) is 0 Å². The van der Waals surface area contributed by atoms with Crippen LogP contribution >= 0.6 is 0 Å². The first-order chi connectivity index (χ1) is 30.7. The zero-order valence-corrected chi connectivity index (χ0v) is 33.6. The molecule has 0 fully saturated rings. The number of rotatable bonds is 5. The molecule has 0 aliphatic rings. The molecule has 0 aliphatic carbocycles. The van der Waals surface area contributed by atoms with E-state index in [2.05, 4.69) is 228 Å². The maximum absolute atomic E-state index is 5.59. The first kappa shape index (κ1) is 34.5. The Balaban J connectivity index is 1.09. The van der Waals surface area contributed by atoms with Crippen molar-refractivity contribution in [1.82, 2.24) is 19.1 Å². The zero-order valence-electron chi connectivity index (χ0n) is 33.6. The molecule has 4 heteroatoms. The summed E-state index contributed by atoms with van der Waals surface area (Å²) in [7, 11) is 0. The van der Waals surface area contributed by atoms with Crippen molar-refractivity contribution in [2.75, 3.05) is 0 Å². The number of hydrogen-bond acceptors (Lipinski definition) is 2. The molecule has 0 atom stereocenters. The van der Waals surface area contributed by atoms with Crippen LogP contribution < -0.4 is 0 Å². The molecule has 10 aromatic carbocycles. The van der Waals surface area contributed by atoms with Crippen LogP contribution in [-0.2, 0) is 0 Å². The predicted molar refractivity (Wildman–Crippen MR) is 260 cm³/mol. The Kier molecular flexibility index (Phi) is 7.57. The Morgan fingerprint density at radius 3 is 1.61 bits per heavy atom. The van der Waals surface area contributed by atoms with E-state index in [1.54, 1.807) is 0 Å². The summed E-state index contributed by atoms with van der Waals surface area (Å²) in [4.78, 5) is 11.0. The highest BCUT2D eigenvalue weighted by molar-refractivity contribution is 6.22. The number of fused-ring (bicyclic) bond motifs is 10. The Labute approximate surface area is 357 Å². The van der Waals surface area contributed by atoms with E-state index in [4.69, 9.17) is 9.97 Å². The number of nitrogens with zero attached hydrogens (tertiary/aromatic N) is 4. The Bertz CT molecular complexity index is 3860. The van der Waals surface area contributed by atoms with Crippen LogP contribution in [0.4, 0.5) is 0 Å². The molecule has 3 aromatic heterocycles. The van der Waals surface area contributed by atoms with Crippen molar-refractivity contribution >= 4 is 76.1 Å². The van der Waals surface area contributed by atoms with E-state index in [0.29, 0.717) is 5.95 Å². The van der Waals surface area contributed by atoms with Gasteiger partial charge in [-0.25, -0.2) is 9.97 Å². The Morgan fingerprint density at radius 2 is 0.855 bits per heavy atom. The van der Waals surface area contributed by atoms with Gasteiger partial charge in [-0.05, 0) is 111 Å². The summed E-state index contributed by atoms with van der Waals surface area (Å²) in [5.74, 6) is 0.636. The first-order valence-electron chi connectivity index (χ1n) is 21.2. The van der Waals surface area contributed by atoms with Crippen molar-refractivity contribution in [1.29, 1.82) is 0 Å². The second-order valence-corrected chi connectivity index (χ2v) is 16.2. The number of benzene rings is 10. The highest BCUT2D eigenvalue weighted by atomic mass is 15.2. The first-order valence-corrected chi connectivity index (χ1v) is 21.2. The molecule has 0 saturated heterocycles. The molecule has 0 saturated carbocycles. The van der Waals surface area contributed by atoms with Crippen molar-refractivity contribution in [3.63, 3.8) is 0 Å². The van der Waals surface area contributed by atoms with Gasteiger partial charge < -0.3 is 4.57 Å². The van der Waals surface area contributed by atoms with Crippen LogP contribution in [-0.4, -0.2) is 19.1 Å². The van der Waals surface area contributed by atoms with Gasteiger partial charge in [0.2, 0.25) is 5.95 Å². The Hall–Kier alpha value is -8.34. The fourth-order valence-electron chi connectivity index (χ4n) is 9.81. The highest BCUT2D eigenvalue weighted by Crippen LogP contribution is 2.41. The van der Waals surface area contributed by atoms with Crippen LogP contribution in [0.25, 0.3) is 121 Å². The SMILES string of the molecule is c1ccc(-c2cc(-c3ccccc3)cc(-c3nc(-n4c5ccc(-n6c7ccccc7c7c8ccccc8ccc76)cc5c5cc6ccccc6cc54)nc4ccccc34)c2)cc1. The van der Waals surface area contributed by atoms with Crippen molar-refractivity contribution in [2.45, 2.75) is 0 Å². The minimum absolute atomic E-state index is 0.636. The van der Waals surface area contributed by atoms with Crippen molar-refractivity contribution in [3.05, 3.63) is 218 Å². The van der Waals surface area contributed by atoms with Gasteiger partial charge in [0.15, 0.2) is 0 Å². The van der Waals surface area contributed by atoms with Gasteiger partial charge in [-0.1, -0.05) is 152 Å². The molecule has 288 valence electrons. The van der Waals surface area contributed by atoms with Crippen molar-refractivity contribution in [3.8, 4) is 45.1 Å². The van der Waals surface area contributed by atoms with Crippen LogP contribution in [0.1, 0.15) is 0 Å². The molecule has 62 heavy (non-hydrogen) atoms. The second kappa shape index (κ2) is 13.6. The third-order valence-corrected chi connectivity index (χ3v) is 12.6. The maximum atomic E-state index is 5.59. The van der Waals surface area contributed by atoms with Gasteiger partial charge in [-0.15, -0.1) is 0 Å². The second-order valence-electron chi connectivity index (χ2n) is 16.2. The third kappa shape index (κ3) is 5.33. The molecular weight excluding hydrogens is 753 g/mol. The summed E-state index contributed by atoms with van der Waals surface area (Å²) in [6.45, 7) is 0. The lowest BCUT2D eigenvalue weighted by atomic mass is 9.94. The average Bonchev–Trinajstić information content (AvgIpc) is 3.85. The van der Waals surface area contributed by atoms with Crippen LogP contribution in [0.15, 0.2) is 218 Å². The topological polar surface area (TPSA) is 35.6 Å². The lowest BCUT2D eigenvalue weighted by molar-refractivity contribution is 1.01. The van der Waals surface area contributed by atoms with Gasteiger partial charge in [-0.2, -0.15) is 0 Å². The standard InChI is InChI=1S/C58H36N4/c1-3-15-37(16-4-1)42-31-43(38-17-5-2-6-18-38)33-44(32-42)57-47-23-11-13-25-51(47)59-58(60-57)62-53-30-28-45(36-50(53)49-34-40-20-7-8-21-41(40)35-55(49)62)61-52-26-14-12-24-48(52)56-46-22-10-9-19-39(46)27-29-54(56)61/h1-36H. The minimum Gasteiger partial charge on any atom is -0.309 e. The molecule has 0 N–H and O–H groups in total. The summed E-state index contributed by atoms with van der Waals surface area (Å²) < 4.78 is 4.70. The lowest BCUT2D eigenvalue weighted by Crippen LogP contribution is -2.04. The van der Waals surface area contributed by atoms with E-state index in [1.165, 1.54) is 43.4 Å². The van der Waals surface area contributed by atoms with Crippen LogP contribution in [0.5, 0.6) is 0 Å². The third-order valence-electron chi connectivity index (χ3n) is 12.6. The fraction of sp³-hybridized carbons (Fsp3) is 0. The molecule has 0 amide bonds. The molecule has 0 radical (unpaired) electrons. The van der Waals surface area contributed by atoms with Gasteiger partial charge in [0.05, 0.1) is 33.3 Å². The van der Waals surface area contributed by atoms with E-state index in [-0.39, 0.29) is 0 Å². The number of para-hydroxylation sites is 2. The molecular formula is C58H36N4. The summed E-state index contributed by atoms with van der Waals surface area (Å²) in [6.07, 6.45) is 0. The molecule has 0 spiro atoms. The molecule has 0 unspecified atom stereocenters. The van der Waals surface area contributed by atoms with Crippen molar-refractivity contribution in [2.24, 2.45) is 0 Å². The quantitative estimate of drug-likeness (QED) is 0.174. The van der Waals surface area contributed by atoms with E-state index >= 15 is 0 Å². The summed E-state index contributed by atoms with van der Waals surface area (Å²) >= 11 is 0. The minimum atomic E-state index is 0.636. The molecule has 0 bridgehead atoms. The number of aromatic nitrogens is 4. The smallest absolute Gasteiger partial charge is 0.235 e. The average molecular weight is 789 g/mol. The summed E-state index contributed by atoms with van der Waals surface area (Å²) in [5, 5.41) is 10.7. The van der Waals surface area contributed by atoms with Gasteiger partial charge in [0.25, 0.3) is 0 Å². The predicted octanol–water partition coefficient (Wildman–Crippen LogP) is 15.1. The largest absolute Gasteiger partial charge is 0.309 e. The normalized spacial score (nSPS) is 11.9. The highest BCUT2D eigenvalue weighted by Gasteiger charge is 2.21. The molecule has 3 heterocycles. The van der Waals surface area contributed by atoms with E-state index in [9.17, 15) is 0 Å². The summed E-state index contributed by atoms with van der Waals surface area (Å²) in [5.41, 5.74) is 13.0. The molecule has 13 rings (SSSR count). The molecule has 0 aliphatic heterocycles. The molecule has 13 aromatic rings. The maximum Gasteiger partial charge on any atom is 0.235 e. The van der Waals surface area contributed by atoms with Crippen LogP contribution in [0.2, 0.25) is 0 Å². The van der Waals surface area contributed by atoms with Crippen molar-refractivity contribution < 1.29 is 0 Å². The van der Waals surface area contributed by atoms with Gasteiger partial charge in [-0.3, -0.25) is 4.57 Å². The van der Waals surface area contributed by atoms with Gasteiger partial charge in [0, 0.05) is 38.2 Å². The van der Waals surface area contributed by atoms with Crippen LogP contribution in [0, 0.1) is 0 Å². The van der Waals surface area contributed by atoms with E-state index in [0.717, 1.165) is 71.9 Å². The summed E-state index contributed by atoms with van der Waals surface area (Å²) in [6, 6.07) is 78.7. The van der Waals surface area contributed by atoms with Gasteiger partial charge >= 0.3 is 0 Å².